The number of aliphatic hydroxyl groups is 1. The van der Waals surface area contributed by atoms with Crippen molar-refractivity contribution in [3.8, 4) is 0 Å². The van der Waals surface area contributed by atoms with Gasteiger partial charge < -0.3 is 5.11 Å². The largest absolute Gasteiger partial charge is 0.393 e. The van der Waals surface area contributed by atoms with E-state index >= 15 is 0 Å². The van der Waals surface area contributed by atoms with Crippen molar-refractivity contribution < 1.29 is 13.5 Å². The fourth-order valence-electron chi connectivity index (χ4n) is 2.29. The second-order valence-electron chi connectivity index (χ2n) is 5.06. The summed E-state index contributed by atoms with van der Waals surface area (Å²) in [5, 5.41) is 9.56. The minimum Gasteiger partial charge on any atom is -0.393 e. The minimum absolute atomic E-state index is 0.0336. The monoisotopic (exact) mass is 347 g/mol. The van der Waals surface area contributed by atoms with E-state index in [2.05, 4.69) is 15.9 Å². The molecule has 0 saturated carbocycles. The number of rotatable bonds is 3. The fraction of sp³-hybridized carbons (Fsp3) is 0.538. The second-order valence-corrected chi connectivity index (χ2v) is 7.86. The molecule has 0 amide bonds. The van der Waals surface area contributed by atoms with Crippen LogP contribution in [0.5, 0.6) is 0 Å². The van der Waals surface area contributed by atoms with Crippen LogP contribution in [0.3, 0.4) is 0 Å². The Morgan fingerprint density at radius 2 is 2.16 bits per heavy atom. The highest BCUT2D eigenvalue weighted by molar-refractivity contribution is 9.10. The van der Waals surface area contributed by atoms with Crippen molar-refractivity contribution >= 4 is 26.0 Å². The predicted molar refractivity (Wildman–Crippen MR) is 77.4 cm³/mol. The van der Waals surface area contributed by atoms with Gasteiger partial charge in [0.1, 0.15) is 0 Å². The van der Waals surface area contributed by atoms with E-state index in [1.54, 1.807) is 25.1 Å². The van der Waals surface area contributed by atoms with E-state index in [0.717, 1.165) is 10.0 Å². The van der Waals surface area contributed by atoms with Crippen molar-refractivity contribution in [3.05, 3.63) is 28.2 Å². The maximum absolute atomic E-state index is 12.5. The Balaban J connectivity index is 2.26. The summed E-state index contributed by atoms with van der Waals surface area (Å²) in [6.07, 6.45) is 0.249. The van der Waals surface area contributed by atoms with E-state index in [4.69, 9.17) is 0 Å². The molecule has 1 aromatic carbocycles. The zero-order valence-electron chi connectivity index (χ0n) is 11.0. The molecule has 4 nitrogen and oxygen atoms in total. The first-order valence-corrected chi connectivity index (χ1v) is 8.50. The number of hydrogen-bond donors (Lipinski definition) is 1. The predicted octanol–water partition coefficient (Wildman–Crippen LogP) is 2.15. The van der Waals surface area contributed by atoms with E-state index < -0.39 is 16.1 Å². The highest BCUT2D eigenvalue weighted by Crippen LogP contribution is 2.28. The van der Waals surface area contributed by atoms with Crippen molar-refractivity contribution in [1.29, 1.82) is 0 Å². The molecule has 0 bridgehead atoms. The summed E-state index contributed by atoms with van der Waals surface area (Å²) in [7, 11) is -3.44. The summed E-state index contributed by atoms with van der Waals surface area (Å²) in [5.74, 6) is 0.0336. The van der Waals surface area contributed by atoms with Gasteiger partial charge in [-0.3, -0.25) is 0 Å². The average molecular weight is 348 g/mol. The van der Waals surface area contributed by atoms with Gasteiger partial charge in [-0.15, -0.1) is 0 Å². The van der Waals surface area contributed by atoms with Crippen LogP contribution in [0.4, 0.5) is 0 Å². The molecule has 2 rings (SSSR count). The first-order valence-electron chi connectivity index (χ1n) is 6.26. The van der Waals surface area contributed by atoms with Crippen molar-refractivity contribution in [2.24, 2.45) is 5.92 Å². The topological polar surface area (TPSA) is 57.6 Å². The summed E-state index contributed by atoms with van der Waals surface area (Å²) in [6, 6.07) is 5.04. The molecule has 106 valence electrons. The number of nitrogens with zero attached hydrogens (tertiary/aromatic N) is 1. The number of hydrogen-bond acceptors (Lipinski definition) is 3. The molecule has 1 aromatic rings. The van der Waals surface area contributed by atoms with E-state index in [1.807, 2.05) is 6.92 Å². The van der Waals surface area contributed by atoms with Crippen LogP contribution in [0.2, 0.25) is 0 Å². The van der Waals surface area contributed by atoms with Gasteiger partial charge in [-0.1, -0.05) is 15.9 Å². The minimum atomic E-state index is -3.44. The van der Waals surface area contributed by atoms with Gasteiger partial charge in [-0.2, -0.15) is 4.31 Å². The van der Waals surface area contributed by atoms with Crippen LogP contribution in [0.25, 0.3) is 0 Å². The van der Waals surface area contributed by atoms with E-state index in [1.165, 1.54) is 4.31 Å². The maximum atomic E-state index is 12.5. The number of aliphatic hydroxyl groups excluding tert-OH is 1. The Morgan fingerprint density at radius 3 is 2.68 bits per heavy atom. The van der Waals surface area contributed by atoms with Crippen LogP contribution < -0.4 is 0 Å². The van der Waals surface area contributed by atoms with Crippen LogP contribution in [-0.4, -0.2) is 37.0 Å². The normalized spacial score (nSPS) is 22.6. The molecule has 1 heterocycles. The number of halogens is 1. The number of benzene rings is 1. The lowest BCUT2D eigenvalue weighted by molar-refractivity contribution is 0.133. The quantitative estimate of drug-likeness (QED) is 0.911. The van der Waals surface area contributed by atoms with Gasteiger partial charge in [-0.05, 0) is 49.9 Å². The highest BCUT2D eigenvalue weighted by atomic mass is 79.9. The van der Waals surface area contributed by atoms with Crippen LogP contribution in [0, 0.1) is 12.8 Å². The molecule has 1 fully saturated rings. The summed E-state index contributed by atoms with van der Waals surface area (Å²) in [5.41, 5.74) is 0.896. The van der Waals surface area contributed by atoms with Crippen molar-refractivity contribution in [3.63, 3.8) is 0 Å². The Bertz CT molecular complexity index is 571. The molecule has 6 heteroatoms. The molecular formula is C13H18BrNO3S. The Morgan fingerprint density at radius 1 is 1.47 bits per heavy atom. The molecule has 1 saturated heterocycles. The third-order valence-corrected chi connectivity index (χ3v) is 6.39. The molecule has 0 radical (unpaired) electrons. The first-order chi connectivity index (χ1) is 8.82. The van der Waals surface area contributed by atoms with Gasteiger partial charge in [0.15, 0.2) is 0 Å². The van der Waals surface area contributed by atoms with Crippen LogP contribution in [0.15, 0.2) is 27.6 Å². The van der Waals surface area contributed by atoms with Crippen LogP contribution in [-0.2, 0) is 10.0 Å². The van der Waals surface area contributed by atoms with Gasteiger partial charge in [0.05, 0.1) is 11.0 Å². The second kappa shape index (κ2) is 5.52. The number of sulfonamides is 1. The average Bonchev–Trinajstić information content (AvgIpc) is 2.82. The van der Waals surface area contributed by atoms with Crippen molar-refractivity contribution in [1.82, 2.24) is 4.31 Å². The lowest BCUT2D eigenvalue weighted by Crippen LogP contribution is -2.30. The molecule has 19 heavy (non-hydrogen) atoms. The van der Waals surface area contributed by atoms with E-state index in [9.17, 15) is 13.5 Å². The Kier molecular flexibility index (Phi) is 4.35. The summed E-state index contributed by atoms with van der Waals surface area (Å²) < 4.78 is 27.4. The molecule has 2 unspecified atom stereocenters. The van der Waals surface area contributed by atoms with Crippen LogP contribution in [0.1, 0.15) is 18.9 Å². The molecular weight excluding hydrogens is 330 g/mol. The van der Waals surface area contributed by atoms with Crippen molar-refractivity contribution in [2.75, 3.05) is 13.1 Å². The Labute approximate surface area is 122 Å². The van der Waals surface area contributed by atoms with Gasteiger partial charge in [0.2, 0.25) is 10.0 Å². The third kappa shape index (κ3) is 3.02. The van der Waals surface area contributed by atoms with Gasteiger partial charge in [-0.25, -0.2) is 8.42 Å². The van der Waals surface area contributed by atoms with E-state index in [-0.39, 0.29) is 5.92 Å². The fourth-order valence-corrected chi connectivity index (χ4v) is 4.14. The molecule has 0 aromatic heterocycles. The van der Waals surface area contributed by atoms with Gasteiger partial charge >= 0.3 is 0 Å². The summed E-state index contributed by atoms with van der Waals surface area (Å²) >= 11 is 3.37. The zero-order valence-corrected chi connectivity index (χ0v) is 13.4. The number of aryl methyl sites for hydroxylation is 1. The lowest BCUT2D eigenvalue weighted by Gasteiger charge is -2.18. The standard InChI is InChI=1S/C13H18BrNO3S/c1-9-7-12(3-4-13(9)14)19(17,18)15-6-5-11(8-15)10(2)16/h3-4,7,10-11,16H,5-6,8H2,1-2H3. The third-order valence-electron chi connectivity index (χ3n) is 3.64. The maximum Gasteiger partial charge on any atom is 0.243 e. The molecule has 0 spiro atoms. The smallest absolute Gasteiger partial charge is 0.243 e. The molecule has 2 atom stereocenters. The highest BCUT2D eigenvalue weighted by Gasteiger charge is 2.34. The Hall–Kier alpha value is -0.430. The SMILES string of the molecule is Cc1cc(S(=O)(=O)N2CCC(C(C)O)C2)ccc1Br. The molecule has 0 aliphatic carbocycles. The van der Waals surface area contributed by atoms with Crippen LogP contribution >= 0.6 is 15.9 Å². The van der Waals surface area contributed by atoms with Crippen molar-refractivity contribution in [2.45, 2.75) is 31.3 Å². The van der Waals surface area contributed by atoms with Gasteiger partial charge in [0, 0.05) is 17.6 Å². The van der Waals surface area contributed by atoms with Gasteiger partial charge in [0.25, 0.3) is 0 Å². The lowest BCUT2D eigenvalue weighted by atomic mass is 10.0. The molecule has 1 N–H and O–H groups in total. The zero-order chi connectivity index (χ0) is 14.2. The molecule has 1 aliphatic rings. The first kappa shape index (κ1) is 15.0. The summed E-state index contributed by atoms with van der Waals surface area (Å²) in [4.78, 5) is 0.319. The molecule has 1 aliphatic heterocycles. The summed E-state index contributed by atoms with van der Waals surface area (Å²) in [6.45, 7) is 4.46. The van der Waals surface area contributed by atoms with E-state index in [0.29, 0.717) is 24.4 Å².